The van der Waals surface area contributed by atoms with Crippen LogP contribution in [0.25, 0.3) is 5.57 Å². The molecule has 2 atom stereocenters. The number of ether oxygens (including phenoxy) is 2. The van der Waals surface area contributed by atoms with Gasteiger partial charge >= 0.3 is 0 Å². The van der Waals surface area contributed by atoms with Crippen LogP contribution in [0.1, 0.15) is 45.2 Å². The average Bonchev–Trinajstić information content (AvgIpc) is 2.65. The Labute approximate surface area is 163 Å². The largest absolute Gasteiger partial charge is 0.496 e. The highest BCUT2D eigenvalue weighted by atomic mass is 16.5. The predicted molar refractivity (Wildman–Crippen MR) is 113 cm³/mol. The lowest BCUT2D eigenvalue weighted by Crippen LogP contribution is -2.17. The van der Waals surface area contributed by atoms with Crippen LogP contribution in [-0.4, -0.2) is 26.2 Å². The van der Waals surface area contributed by atoms with Crippen molar-refractivity contribution in [3.05, 3.63) is 58.7 Å². The molecule has 0 aromatic heterocycles. The number of methoxy groups -OCH3 is 2. The first-order valence-corrected chi connectivity index (χ1v) is 9.27. The first-order chi connectivity index (χ1) is 12.8. The van der Waals surface area contributed by atoms with Crippen molar-refractivity contribution >= 4 is 11.5 Å². The Morgan fingerprint density at radius 1 is 1.26 bits per heavy atom. The van der Waals surface area contributed by atoms with E-state index in [4.69, 9.17) is 15.2 Å². The summed E-state index contributed by atoms with van der Waals surface area (Å²) in [5, 5.41) is 0. The summed E-state index contributed by atoms with van der Waals surface area (Å²) in [5.74, 6) is 0.491. The topological polar surface area (TPSA) is 61.5 Å². The Bertz CT molecular complexity index is 744. The molecule has 0 aliphatic carbocycles. The lowest BCUT2D eigenvalue weighted by Gasteiger charge is -2.19. The lowest BCUT2D eigenvalue weighted by molar-refractivity contribution is -0.112. The first-order valence-electron chi connectivity index (χ1n) is 9.27. The minimum Gasteiger partial charge on any atom is -0.496 e. The van der Waals surface area contributed by atoms with Gasteiger partial charge in [0, 0.05) is 12.7 Å². The van der Waals surface area contributed by atoms with Crippen molar-refractivity contribution < 1.29 is 14.3 Å². The standard InChI is InChI=1S/C23H33NO3/c1-8-19(13-12-16(3)26-6)14-15(2)17(4)22(23(24)25)20-10-9-11-21(27-7)18(20)5/h8-13,15-16H,14H2,1-7H3,(H2,24,25)/b13-12-,19-8+,22-17+. The van der Waals surface area contributed by atoms with Crippen molar-refractivity contribution in [2.24, 2.45) is 11.7 Å². The van der Waals surface area contributed by atoms with Crippen LogP contribution in [0.4, 0.5) is 0 Å². The highest BCUT2D eigenvalue weighted by Crippen LogP contribution is 2.32. The minimum atomic E-state index is -0.415. The van der Waals surface area contributed by atoms with E-state index in [1.807, 2.05) is 52.0 Å². The van der Waals surface area contributed by atoms with Crippen LogP contribution in [0.15, 0.2) is 47.6 Å². The van der Waals surface area contributed by atoms with E-state index < -0.39 is 5.91 Å². The summed E-state index contributed by atoms with van der Waals surface area (Å²) in [6.45, 7) is 10.1. The van der Waals surface area contributed by atoms with Gasteiger partial charge in [-0.2, -0.15) is 0 Å². The van der Waals surface area contributed by atoms with Crippen molar-refractivity contribution in [2.75, 3.05) is 14.2 Å². The summed E-state index contributed by atoms with van der Waals surface area (Å²) < 4.78 is 10.7. The molecule has 0 fully saturated rings. The summed E-state index contributed by atoms with van der Waals surface area (Å²) in [7, 11) is 3.32. The summed E-state index contributed by atoms with van der Waals surface area (Å²) in [6.07, 6.45) is 7.08. The number of benzene rings is 1. The highest BCUT2D eigenvalue weighted by molar-refractivity contribution is 6.20. The third-order valence-corrected chi connectivity index (χ3v) is 5.02. The summed E-state index contributed by atoms with van der Waals surface area (Å²) >= 11 is 0. The Morgan fingerprint density at radius 2 is 1.93 bits per heavy atom. The number of primary amides is 1. The van der Waals surface area contributed by atoms with Gasteiger partial charge in [-0.1, -0.05) is 48.4 Å². The van der Waals surface area contributed by atoms with Crippen LogP contribution >= 0.6 is 0 Å². The van der Waals surface area contributed by atoms with E-state index in [0.29, 0.717) is 5.57 Å². The molecule has 4 nitrogen and oxygen atoms in total. The monoisotopic (exact) mass is 371 g/mol. The van der Waals surface area contributed by atoms with Crippen LogP contribution in [0.2, 0.25) is 0 Å². The van der Waals surface area contributed by atoms with Crippen molar-refractivity contribution in [1.82, 2.24) is 0 Å². The lowest BCUT2D eigenvalue weighted by atomic mass is 9.86. The van der Waals surface area contributed by atoms with Crippen molar-refractivity contribution in [3.8, 4) is 5.75 Å². The molecular formula is C23H33NO3. The van der Waals surface area contributed by atoms with Gasteiger partial charge in [0.05, 0.1) is 13.2 Å². The molecule has 27 heavy (non-hydrogen) atoms. The number of hydrogen-bond donors (Lipinski definition) is 1. The maximum absolute atomic E-state index is 12.3. The molecule has 2 unspecified atom stereocenters. The predicted octanol–water partition coefficient (Wildman–Crippen LogP) is 4.83. The molecule has 0 heterocycles. The molecule has 0 saturated heterocycles. The zero-order valence-corrected chi connectivity index (χ0v) is 17.6. The van der Waals surface area contributed by atoms with E-state index in [2.05, 4.69) is 19.1 Å². The molecule has 0 aliphatic heterocycles. The van der Waals surface area contributed by atoms with E-state index in [0.717, 1.165) is 28.9 Å². The van der Waals surface area contributed by atoms with Crippen molar-refractivity contribution in [1.29, 1.82) is 0 Å². The molecule has 148 valence electrons. The maximum atomic E-state index is 12.3. The average molecular weight is 372 g/mol. The van der Waals surface area contributed by atoms with Gasteiger partial charge in [-0.3, -0.25) is 4.79 Å². The third kappa shape index (κ3) is 6.10. The fourth-order valence-electron chi connectivity index (χ4n) is 3.02. The number of nitrogens with two attached hydrogens (primary N) is 1. The molecule has 0 saturated carbocycles. The smallest absolute Gasteiger partial charge is 0.249 e. The molecule has 1 aromatic rings. The van der Waals surface area contributed by atoms with Gasteiger partial charge in [-0.25, -0.2) is 0 Å². The number of rotatable bonds is 9. The molecular weight excluding hydrogens is 338 g/mol. The van der Waals surface area contributed by atoms with Crippen LogP contribution in [0.5, 0.6) is 5.75 Å². The molecule has 0 bridgehead atoms. The first kappa shape index (κ1) is 22.7. The molecule has 0 aliphatic rings. The van der Waals surface area contributed by atoms with Crippen molar-refractivity contribution in [3.63, 3.8) is 0 Å². The van der Waals surface area contributed by atoms with Gasteiger partial charge in [0.2, 0.25) is 5.91 Å². The second-order valence-electron chi connectivity index (χ2n) is 6.82. The summed E-state index contributed by atoms with van der Waals surface area (Å²) in [4.78, 5) is 12.3. The number of hydrogen-bond acceptors (Lipinski definition) is 3. The van der Waals surface area contributed by atoms with Crippen molar-refractivity contribution in [2.45, 2.75) is 47.1 Å². The van der Waals surface area contributed by atoms with Gasteiger partial charge < -0.3 is 15.2 Å². The van der Waals surface area contributed by atoms with E-state index in [1.165, 1.54) is 5.57 Å². The highest BCUT2D eigenvalue weighted by Gasteiger charge is 2.20. The fraction of sp³-hybridized carbons (Fsp3) is 0.435. The molecule has 0 radical (unpaired) electrons. The SMILES string of the molecule is C/C=C(\C=C/C(C)OC)CC(C)/C(C)=C(/C(N)=O)c1cccc(OC)c1C. The molecule has 2 N–H and O–H groups in total. The molecule has 1 rings (SSSR count). The molecule has 4 heteroatoms. The Balaban J connectivity index is 3.25. The second kappa shape index (κ2) is 10.7. The van der Waals surface area contributed by atoms with Gasteiger partial charge in [0.15, 0.2) is 0 Å². The van der Waals surface area contributed by atoms with Crippen LogP contribution in [0.3, 0.4) is 0 Å². The van der Waals surface area contributed by atoms with Crippen LogP contribution < -0.4 is 10.5 Å². The number of amides is 1. The molecule has 1 amide bonds. The fourth-order valence-corrected chi connectivity index (χ4v) is 3.02. The number of carbonyl (C=O) groups is 1. The summed E-state index contributed by atoms with van der Waals surface area (Å²) in [6, 6.07) is 5.69. The Hall–Kier alpha value is -2.33. The van der Waals surface area contributed by atoms with Gasteiger partial charge in [0.25, 0.3) is 0 Å². The van der Waals surface area contributed by atoms with Gasteiger partial charge in [0.1, 0.15) is 5.75 Å². The Kier molecular flexibility index (Phi) is 9.03. The minimum absolute atomic E-state index is 0.0625. The van der Waals surface area contributed by atoms with Crippen LogP contribution in [0, 0.1) is 12.8 Å². The number of carbonyl (C=O) groups excluding carboxylic acids is 1. The van der Waals surface area contributed by atoms with Gasteiger partial charge in [-0.05, 0) is 57.2 Å². The second-order valence-corrected chi connectivity index (χ2v) is 6.82. The van der Waals surface area contributed by atoms with E-state index in [1.54, 1.807) is 14.2 Å². The van der Waals surface area contributed by atoms with E-state index >= 15 is 0 Å². The number of allylic oxidation sites excluding steroid dienone is 4. The maximum Gasteiger partial charge on any atom is 0.249 e. The normalized spacial score (nSPS) is 15.4. The quantitative estimate of drug-likeness (QED) is 0.500. The zero-order valence-electron chi connectivity index (χ0n) is 17.6. The third-order valence-electron chi connectivity index (χ3n) is 5.02. The van der Waals surface area contributed by atoms with E-state index in [-0.39, 0.29) is 12.0 Å². The van der Waals surface area contributed by atoms with Gasteiger partial charge in [-0.15, -0.1) is 0 Å². The summed E-state index contributed by atoms with van der Waals surface area (Å²) in [5.41, 5.74) is 10.3. The molecule has 0 spiro atoms. The van der Waals surface area contributed by atoms with E-state index in [9.17, 15) is 4.79 Å². The molecule has 1 aromatic carbocycles. The Morgan fingerprint density at radius 3 is 2.44 bits per heavy atom. The zero-order chi connectivity index (χ0) is 20.6. The van der Waals surface area contributed by atoms with Crippen LogP contribution in [-0.2, 0) is 9.53 Å².